The zero-order chi connectivity index (χ0) is 31.6. The van der Waals surface area contributed by atoms with E-state index in [0.29, 0.717) is 0 Å². The summed E-state index contributed by atoms with van der Waals surface area (Å²) < 4.78 is 0. The van der Waals surface area contributed by atoms with E-state index in [1.54, 1.807) is 0 Å². The van der Waals surface area contributed by atoms with E-state index >= 15 is 0 Å². The van der Waals surface area contributed by atoms with Crippen LogP contribution >= 0.6 is 17.0 Å². The Morgan fingerprint density at radius 1 is 0.636 bits per heavy atom. The second-order valence-corrected chi connectivity index (χ2v) is 34.1. The van der Waals surface area contributed by atoms with Crippen molar-refractivity contribution in [1.29, 1.82) is 0 Å². The van der Waals surface area contributed by atoms with Crippen LogP contribution in [-0.4, -0.2) is 5.43 Å². The van der Waals surface area contributed by atoms with Gasteiger partial charge in [0.1, 0.15) is 0 Å². The molecular weight excluding hydrogens is 671 g/mol. The number of halogens is 2. The third-order valence-electron chi connectivity index (χ3n) is 10.0. The van der Waals surface area contributed by atoms with Crippen LogP contribution in [0.25, 0.3) is 21.5 Å². The standard InChI is InChI=1S/2C14H17.C12H22Si.2ClH.Zr/c2*1-4-5-12-7-6-11(3)13-8-10(2)9-14(12)13;1-3-7-11(8-4-1)13-12-9-5-2-6-10-12;;;/h2*6-9H,4-5H2,1-3H3;11-12H,1-10H2;2*1H;/q2*-1;;;;+2/p-2. The van der Waals surface area contributed by atoms with E-state index in [1.807, 2.05) is 0 Å². The predicted octanol–water partition coefficient (Wildman–Crippen LogP) is 13.8. The summed E-state index contributed by atoms with van der Waals surface area (Å²) in [6.07, 6.45) is 19.4. The Morgan fingerprint density at radius 3 is 1.36 bits per heavy atom. The zero-order valence-electron chi connectivity index (χ0n) is 28.4. The summed E-state index contributed by atoms with van der Waals surface area (Å²) in [7, 11) is 13.0. The van der Waals surface area contributed by atoms with Gasteiger partial charge in [-0.05, 0) is 12.8 Å². The number of rotatable bonds is 6. The first-order valence-corrected chi connectivity index (χ1v) is 29.3. The molecule has 4 heteroatoms. The third kappa shape index (κ3) is 9.69. The van der Waals surface area contributed by atoms with Gasteiger partial charge in [-0.3, -0.25) is 0 Å². The maximum absolute atomic E-state index is 6.52. The van der Waals surface area contributed by atoms with Gasteiger partial charge in [-0.1, -0.05) is 77.6 Å². The molecule has 0 atom stereocenters. The van der Waals surface area contributed by atoms with Crippen LogP contribution in [0.5, 0.6) is 0 Å². The summed E-state index contributed by atoms with van der Waals surface area (Å²) in [4.78, 5) is 0. The van der Waals surface area contributed by atoms with Crippen LogP contribution in [-0.2, 0) is 30.8 Å². The first-order chi connectivity index (χ1) is 21.2. The van der Waals surface area contributed by atoms with E-state index in [9.17, 15) is 0 Å². The molecule has 0 amide bonds. The van der Waals surface area contributed by atoms with E-state index in [2.05, 4.69) is 90.1 Å². The average molecular weight is 727 g/mol. The molecule has 44 heavy (non-hydrogen) atoms. The molecule has 4 aromatic rings. The first-order valence-electron chi connectivity index (χ1n) is 17.6. The molecule has 0 bridgehead atoms. The third-order valence-corrected chi connectivity index (χ3v) is 30.4. The van der Waals surface area contributed by atoms with Crippen LogP contribution in [0.1, 0.15) is 124 Å². The average Bonchev–Trinajstić information content (AvgIpc) is 3.62. The van der Waals surface area contributed by atoms with Crippen molar-refractivity contribution in [3.63, 3.8) is 0 Å². The van der Waals surface area contributed by atoms with Gasteiger partial charge in [-0.2, -0.15) is 12.1 Å². The van der Waals surface area contributed by atoms with Crippen molar-refractivity contribution in [2.45, 2.75) is 143 Å². The van der Waals surface area contributed by atoms with E-state index in [-0.39, 0.29) is 5.43 Å². The minimum atomic E-state index is -1.95. The van der Waals surface area contributed by atoms with Gasteiger partial charge in [0.15, 0.2) is 0 Å². The Bertz CT molecular complexity index is 1400. The second kappa shape index (κ2) is 18.0. The van der Waals surface area contributed by atoms with Gasteiger partial charge in [-0.15, -0.1) is 68.1 Å². The monoisotopic (exact) mass is 724 g/mol. The molecule has 2 aliphatic carbocycles. The fourth-order valence-corrected chi connectivity index (χ4v) is 30.9. The first kappa shape index (κ1) is 36.2. The van der Waals surface area contributed by atoms with Crippen molar-refractivity contribution < 1.29 is 18.0 Å². The molecule has 2 fully saturated rings. The fourth-order valence-electron chi connectivity index (χ4n) is 7.74. The molecule has 0 saturated heterocycles. The Kier molecular flexibility index (Phi) is 14.8. The van der Waals surface area contributed by atoms with Gasteiger partial charge in [0.25, 0.3) is 0 Å². The molecule has 4 aromatic carbocycles. The van der Waals surface area contributed by atoms with Crippen LogP contribution in [0.3, 0.4) is 0 Å². The van der Waals surface area contributed by atoms with Crippen molar-refractivity contribution in [3.8, 4) is 0 Å². The number of fused-ring (bicyclic) bond motifs is 2. The Labute approximate surface area is 284 Å². The molecule has 2 saturated carbocycles. The quantitative estimate of drug-likeness (QED) is 0.137. The molecule has 0 radical (unpaired) electrons. The zero-order valence-corrected chi connectivity index (χ0v) is 33.4. The Hall–Kier alpha value is -0.660. The molecule has 240 valence electrons. The van der Waals surface area contributed by atoms with E-state index < -0.39 is 18.0 Å². The van der Waals surface area contributed by atoms with Crippen molar-refractivity contribution in [2.24, 2.45) is 0 Å². The topological polar surface area (TPSA) is 0 Å². The Morgan fingerprint density at radius 2 is 1.02 bits per heavy atom. The van der Waals surface area contributed by atoms with Crippen molar-refractivity contribution in [3.05, 3.63) is 81.9 Å². The number of hydrogen-bond acceptors (Lipinski definition) is 0. The maximum atomic E-state index is 6.52. The van der Waals surface area contributed by atoms with Crippen molar-refractivity contribution in [2.75, 3.05) is 0 Å². The molecule has 0 nitrogen and oxygen atoms in total. The molecule has 0 heterocycles. The number of hydrogen-bond donors (Lipinski definition) is 0. The molecule has 0 N–H and O–H groups in total. The van der Waals surface area contributed by atoms with E-state index in [0.717, 1.165) is 11.1 Å². The minimum absolute atomic E-state index is 0.335. The predicted molar refractivity (Wildman–Crippen MR) is 197 cm³/mol. The van der Waals surface area contributed by atoms with E-state index in [1.165, 1.54) is 145 Å². The van der Waals surface area contributed by atoms with Gasteiger partial charge >= 0.3 is 116 Å². The van der Waals surface area contributed by atoms with Crippen molar-refractivity contribution >= 4 is 44.0 Å². The van der Waals surface area contributed by atoms with Gasteiger partial charge in [0, 0.05) is 0 Å². The summed E-state index contributed by atoms with van der Waals surface area (Å²) in [6.45, 7) is 13.2. The molecule has 0 aromatic heterocycles. The molecular formula is C40H56Cl2SiZr-2. The second-order valence-electron chi connectivity index (χ2n) is 13.7. The summed E-state index contributed by atoms with van der Waals surface area (Å²) in [6, 6.07) is 18.3. The number of aryl methyl sites for hydroxylation is 6. The van der Waals surface area contributed by atoms with E-state index in [4.69, 9.17) is 17.0 Å². The van der Waals surface area contributed by atoms with Crippen LogP contribution in [0.4, 0.5) is 0 Å². The van der Waals surface area contributed by atoms with Crippen LogP contribution < -0.4 is 0 Å². The molecule has 2 aliphatic rings. The molecule has 0 aliphatic heterocycles. The van der Waals surface area contributed by atoms with Crippen LogP contribution in [0.2, 0.25) is 11.1 Å². The van der Waals surface area contributed by atoms with Crippen molar-refractivity contribution in [1.82, 2.24) is 0 Å². The number of benzene rings is 2. The summed E-state index contributed by atoms with van der Waals surface area (Å²) >= 11 is -1.95. The van der Waals surface area contributed by atoms with Gasteiger partial charge in [0.2, 0.25) is 0 Å². The van der Waals surface area contributed by atoms with Crippen LogP contribution in [0, 0.1) is 27.7 Å². The van der Waals surface area contributed by atoms with Crippen LogP contribution in [0.15, 0.2) is 48.5 Å². The SMILES string of the molecule is CCCc1ccc(C)c2[cH-]c(C)cc12.CCCc1ccc(C)c2[cH-]c(C)cc12.[Cl][Zr]([Cl])=[Si](C1CCCCC1)C1CCCCC1. The fraction of sp³-hybridized carbons (Fsp3) is 0.550. The van der Waals surface area contributed by atoms with Gasteiger partial charge in [-0.25, -0.2) is 0 Å². The summed E-state index contributed by atoms with van der Waals surface area (Å²) in [5.74, 6) is 0. The molecule has 0 unspecified atom stereocenters. The van der Waals surface area contributed by atoms with Gasteiger partial charge in [0.05, 0.1) is 0 Å². The summed E-state index contributed by atoms with van der Waals surface area (Å²) in [5, 5.41) is 5.80. The molecule has 6 rings (SSSR count). The normalized spacial score (nSPS) is 15.9. The Balaban J connectivity index is 0.000000151. The summed E-state index contributed by atoms with van der Waals surface area (Å²) in [5.41, 5.74) is 10.2. The van der Waals surface area contributed by atoms with Gasteiger partial charge < -0.3 is 0 Å². The molecule has 0 spiro atoms.